The van der Waals surface area contributed by atoms with Crippen molar-refractivity contribution in [2.45, 2.75) is 32.1 Å². The number of nitrogens with one attached hydrogen (secondary N) is 1. The van der Waals surface area contributed by atoms with Crippen LogP contribution in [0.15, 0.2) is 18.2 Å². The van der Waals surface area contributed by atoms with E-state index in [1.165, 1.54) is 50.3 Å². The minimum atomic E-state index is -0.455. The van der Waals surface area contributed by atoms with Crippen LogP contribution in [0.1, 0.15) is 32.1 Å². The molecule has 1 aromatic rings. The SMILES string of the molecule is O=C(CN1CC[C@@H]2CCCC[C@@H]2C1)Nc1cc(Cl)ccc1F. The van der Waals surface area contributed by atoms with E-state index in [0.717, 1.165) is 24.9 Å². The molecule has 1 saturated heterocycles. The summed E-state index contributed by atoms with van der Waals surface area (Å²) in [4.78, 5) is 14.3. The summed E-state index contributed by atoms with van der Waals surface area (Å²) in [6.45, 7) is 2.29. The lowest BCUT2D eigenvalue weighted by Gasteiger charge is -2.41. The van der Waals surface area contributed by atoms with Gasteiger partial charge in [-0.25, -0.2) is 4.39 Å². The normalized spacial score (nSPS) is 25.5. The number of piperidine rings is 1. The number of fused-ring (bicyclic) bond motifs is 1. The van der Waals surface area contributed by atoms with E-state index in [2.05, 4.69) is 10.2 Å². The van der Waals surface area contributed by atoms with Gasteiger partial charge in [0.1, 0.15) is 5.82 Å². The molecule has 2 atom stereocenters. The monoisotopic (exact) mass is 324 g/mol. The van der Waals surface area contributed by atoms with Crippen LogP contribution in [-0.4, -0.2) is 30.4 Å². The van der Waals surface area contributed by atoms with Crippen LogP contribution in [0.25, 0.3) is 0 Å². The first kappa shape index (κ1) is 15.8. The Kier molecular flexibility index (Phi) is 4.99. The van der Waals surface area contributed by atoms with Gasteiger partial charge >= 0.3 is 0 Å². The molecule has 1 aromatic carbocycles. The van der Waals surface area contributed by atoms with E-state index in [1.54, 1.807) is 0 Å². The molecule has 1 amide bonds. The average Bonchev–Trinajstić information content (AvgIpc) is 2.51. The molecule has 1 aliphatic carbocycles. The molecule has 1 saturated carbocycles. The molecule has 1 N–H and O–H groups in total. The van der Waals surface area contributed by atoms with Gasteiger partial charge in [-0.2, -0.15) is 0 Å². The molecule has 2 fully saturated rings. The Hall–Kier alpha value is -1.13. The van der Waals surface area contributed by atoms with Crippen LogP contribution in [0.4, 0.5) is 10.1 Å². The third-order valence-corrected chi connectivity index (χ3v) is 5.18. The van der Waals surface area contributed by atoms with E-state index in [4.69, 9.17) is 11.6 Å². The van der Waals surface area contributed by atoms with Crippen LogP contribution in [0.3, 0.4) is 0 Å². The van der Waals surface area contributed by atoms with Crippen LogP contribution in [0.2, 0.25) is 5.02 Å². The van der Waals surface area contributed by atoms with Crippen molar-refractivity contribution < 1.29 is 9.18 Å². The van der Waals surface area contributed by atoms with E-state index in [1.807, 2.05) is 0 Å². The molecule has 2 aliphatic rings. The molecular formula is C17H22ClFN2O. The summed E-state index contributed by atoms with van der Waals surface area (Å²) in [6, 6.07) is 4.19. The quantitative estimate of drug-likeness (QED) is 0.913. The fraction of sp³-hybridized carbons (Fsp3) is 0.588. The molecule has 3 nitrogen and oxygen atoms in total. The second kappa shape index (κ2) is 6.97. The molecule has 0 bridgehead atoms. The Morgan fingerprint density at radius 3 is 2.86 bits per heavy atom. The molecule has 0 spiro atoms. The molecule has 5 heteroatoms. The molecule has 22 heavy (non-hydrogen) atoms. The first-order chi connectivity index (χ1) is 10.6. The lowest BCUT2D eigenvalue weighted by atomic mass is 9.75. The van der Waals surface area contributed by atoms with Crippen molar-refractivity contribution in [3.63, 3.8) is 0 Å². The summed E-state index contributed by atoms with van der Waals surface area (Å²) in [7, 11) is 0. The molecule has 0 aromatic heterocycles. The van der Waals surface area contributed by atoms with E-state index in [9.17, 15) is 9.18 Å². The average molecular weight is 325 g/mol. The maximum absolute atomic E-state index is 13.6. The number of hydrogen-bond acceptors (Lipinski definition) is 2. The van der Waals surface area contributed by atoms with Gasteiger partial charge in [-0.3, -0.25) is 9.69 Å². The predicted octanol–water partition coefficient (Wildman–Crippen LogP) is 3.93. The number of nitrogens with zero attached hydrogens (tertiary/aromatic N) is 1. The van der Waals surface area contributed by atoms with Crippen LogP contribution in [0.5, 0.6) is 0 Å². The lowest BCUT2D eigenvalue weighted by molar-refractivity contribution is -0.118. The van der Waals surface area contributed by atoms with Crippen molar-refractivity contribution >= 4 is 23.2 Å². The van der Waals surface area contributed by atoms with Gasteiger partial charge in [0.15, 0.2) is 0 Å². The number of anilines is 1. The van der Waals surface area contributed by atoms with Crippen LogP contribution in [0, 0.1) is 17.7 Å². The smallest absolute Gasteiger partial charge is 0.238 e. The molecule has 3 rings (SSSR count). The number of rotatable bonds is 3. The Balaban J connectivity index is 1.54. The second-order valence-electron chi connectivity index (χ2n) is 6.50. The minimum absolute atomic E-state index is 0.157. The van der Waals surface area contributed by atoms with Gasteiger partial charge in [-0.05, 0) is 49.4 Å². The summed E-state index contributed by atoms with van der Waals surface area (Å²) in [5, 5.41) is 3.05. The molecule has 120 valence electrons. The summed E-state index contributed by atoms with van der Waals surface area (Å²) >= 11 is 5.84. The number of hydrogen-bond donors (Lipinski definition) is 1. The van der Waals surface area contributed by atoms with Gasteiger partial charge < -0.3 is 5.32 Å². The third kappa shape index (κ3) is 3.79. The van der Waals surface area contributed by atoms with Gasteiger partial charge in [-0.15, -0.1) is 0 Å². The van der Waals surface area contributed by atoms with Crippen LogP contribution in [-0.2, 0) is 4.79 Å². The number of carbonyl (C=O) groups is 1. The summed E-state index contributed by atoms with van der Waals surface area (Å²) in [5.41, 5.74) is 0.157. The second-order valence-corrected chi connectivity index (χ2v) is 6.94. The van der Waals surface area contributed by atoms with Gasteiger partial charge in [0.05, 0.1) is 12.2 Å². The molecular weight excluding hydrogens is 303 g/mol. The van der Waals surface area contributed by atoms with Crippen molar-refractivity contribution in [2.24, 2.45) is 11.8 Å². The Bertz CT molecular complexity index is 551. The number of likely N-dealkylation sites (tertiary alicyclic amines) is 1. The van der Waals surface area contributed by atoms with Gasteiger partial charge in [0.25, 0.3) is 0 Å². The highest BCUT2D eigenvalue weighted by atomic mass is 35.5. The predicted molar refractivity (Wildman–Crippen MR) is 86.5 cm³/mol. The highest BCUT2D eigenvalue weighted by Gasteiger charge is 2.31. The van der Waals surface area contributed by atoms with E-state index in [0.29, 0.717) is 11.6 Å². The Labute approximate surface area is 135 Å². The van der Waals surface area contributed by atoms with Crippen molar-refractivity contribution in [3.8, 4) is 0 Å². The van der Waals surface area contributed by atoms with E-state index >= 15 is 0 Å². The topological polar surface area (TPSA) is 32.3 Å². The summed E-state index contributed by atoms with van der Waals surface area (Å²) in [5.74, 6) is 0.954. The fourth-order valence-electron chi connectivity index (χ4n) is 3.81. The Morgan fingerprint density at radius 1 is 1.27 bits per heavy atom. The number of halogens is 2. The van der Waals surface area contributed by atoms with Crippen molar-refractivity contribution in [1.82, 2.24) is 4.90 Å². The molecule has 0 unspecified atom stereocenters. The van der Waals surface area contributed by atoms with E-state index in [-0.39, 0.29) is 11.6 Å². The maximum Gasteiger partial charge on any atom is 0.238 e. The van der Waals surface area contributed by atoms with E-state index < -0.39 is 5.82 Å². The van der Waals surface area contributed by atoms with Crippen molar-refractivity contribution in [1.29, 1.82) is 0 Å². The maximum atomic E-state index is 13.6. The van der Waals surface area contributed by atoms with Crippen LogP contribution < -0.4 is 5.32 Å². The first-order valence-electron chi connectivity index (χ1n) is 8.09. The zero-order chi connectivity index (χ0) is 15.5. The number of benzene rings is 1. The van der Waals surface area contributed by atoms with Crippen molar-refractivity contribution in [2.75, 3.05) is 25.0 Å². The molecule has 1 heterocycles. The fourth-order valence-corrected chi connectivity index (χ4v) is 3.98. The minimum Gasteiger partial charge on any atom is -0.322 e. The standard InChI is InChI=1S/C17H22ClFN2O/c18-14-5-6-15(19)16(9-14)20-17(22)11-21-8-7-12-3-1-2-4-13(12)10-21/h5-6,9,12-13H,1-4,7-8,10-11H2,(H,20,22)/t12-,13+/m0/s1. The van der Waals surface area contributed by atoms with Crippen LogP contribution >= 0.6 is 11.6 Å². The number of amides is 1. The first-order valence-corrected chi connectivity index (χ1v) is 8.47. The summed E-state index contributed by atoms with van der Waals surface area (Å²) in [6.07, 6.45) is 6.48. The zero-order valence-corrected chi connectivity index (χ0v) is 13.4. The van der Waals surface area contributed by atoms with Crippen molar-refractivity contribution in [3.05, 3.63) is 29.0 Å². The lowest BCUT2D eigenvalue weighted by Crippen LogP contribution is -2.44. The largest absolute Gasteiger partial charge is 0.322 e. The third-order valence-electron chi connectivity index (χ3n) is 4.95. The zero-order valence-electron chi connectivity index (χ0n) is 12.7. The molecule has 1 aliphatic heterocycles. The van der Waals surface area contributed by atoms with Gasteiger partial charge in [0, 0.05) is 11.6 Å². The Morgan fingerprint density at radius 2 is 2.05 bits per heavy atom. The number of carbonyl (C=O) groups excluding carboxylic acids is 1. The highest BCUT2D eigenvalue weighted by molar-refractivity contribution is 6.30. The summed E-state index contributed by atoms with van der Waals surface area (Å²) < 4.78 is 13.6. The van der Waals surface area contributed by atoms with Gasteiger partial charge in [0.2, 0.25) is 5.91 Å². The molecule has 0 radical (unpaired) electrons. The van der Waals surface area contributed by atoms with Gasteiger partial charge in [-0.1, -0.05) is 30.9 Å². The highest BCUT2D eigenvalue weighted by Crippen LogP contribution is 2.35.